The minimum atomic E-state index is 0. The van der Waals surface area contributed by atoms with Crippen LogP contribution in [-0.4, -0.2) is 50.3 Å². The zero-order valence-corrected chi connectivity index (χ0v) is 10.5. The van der Waals surface area contributed by atoms with E-state index in [2.05, 4.69) is 10.2 Å². The Morgan fingerprint density at radius 3 is 2.13 bits per heavy atom. The van der Waals surface area contributed by atoms with E-state index in [1.54, 1.807) is 0 Å². The van der Waals surface area contributed by atoms with Gasteiger partial charge < -0.3 is 10.1 Å². The Morgan fingerprint density at radius 2 is 1.67 bits per heavy atom. The van der Waals surface area contributed by atoms with Gasteiger partial charge >= 0.3 is 0 Å². The number of nitrogens with zero attached hydrogens (tertiary/aromatic N) is 1. The van der Waals surface area contributed by atoms with Crippen molar-refractivity contribution in [3.8, 4) is 0 Å². The van der Waals surface area contributed by atoms with Crippen molar-refractivity contribution in [3.63, 3.8) is 0 Å². The summed E-state index contributed by atoms with van der Waals surface area (Å²) in [5.74, 6) is 0. The van der Waals surface area contributed by atoms with E-state index in [0.29, 0.717) is 5.41 Å². The second kappa shape index (κ2) is 5.19. The molecule has 0 atom stereocenters. The molecule has 0 amide bonds. The Labute approximate surface area is 104 Å². The predicted octanol–water partition coefficient (Wildman–Crippen LogP) is 0.914. The van der Waals surface area contributed by atoms with Crippen LogP contribution in [0.2, 0.25) is 0 Å². The fourth-order valence-electron chi connectivity index (χ4n) is 2.83. The third-order valence-electron chi connectivity index (χ3n) is 3.78. The Kier molecular flexibility index (Phi) is 4.68. The lowest BCUT2D eigenvalue weighted by Gasteiger charge is -2.59. The van der Waals surface area contributed by atoms with Gasteiger partial charge in [0.15, 0.2) is 0 Å². The molecule has 3 nitrogen and oxygen atoms in total. The Bertz CT molecular complexity index is 198. The molecular weight excluding hydrogens is 235 g/mol. The standard InChI is InChI=1S/C10H18N2O.2ClH/c1-3-13-4-2-9(1)12-7-10(8-12)5-11-6-10;;/h9,11H,1-8H2;2*1H. The van der Waals surface area contributed by atoms with Crippen LogP contribution in [-0.2, 0) is 4.74 Å². The van der Waals surface area contributed by atoms with Gasteiger partial charge in [-0.2, -0.15) is 0 Å². The second-order valence-corrected chi connectivity index (χ2v) is 4.85. The summed E-state index contributed by atoms with van der Waals surface area (Å²) >= 11 is 0. The van der Waals surface area contributed by atoms with E-state index in [0.717, 1.165) is 19.3 Å². The maximum Gasteiger partial charge on any atom is 0.0480 e. The summed E-state index contributed by atoms with van der Waals surface area (Å²) in [6.07, 6.45) is 2.51. The number of nitrogens with one attached hydrogen (secondary N) is 1. The summed E-state index contributed by atoms with van der Waals surface area (Å²) in [7, 11) is 0. The lowest BCUT2D eigenvalue weighted by molar-refractivity contribution is -0.0881. The van der Waals surface area contributed by atoms with E-state index in [9.17, 15) is 0 Å². The van der Waals surface area contributed by atoms with Gasteiger partial charge in [-0.05, 0) is 12.8 Å². The molecule has 0 aromatic rings. The lowest BCUT2D eigenvalue weighted by atomic mass is 9.73. The molecule has 3 aliphatic rings. The molecule has 0 bridgehead atoms. The summed E-state index contributed by atoms with van der Waals surface area (Å²) in [4.78, 5) is 2.66. The molecule has 3 rings (SSSR count). The monoisotopic (exact) mass is 254 g/mol. The molecule has 0 aromatic heterocycles. The maximum absolute atomic E-state index is 5.37. The molecule has 3 aliphatic heterocycles. The fraction of sp³-hybridized carbons (Fsp3) is 1.00. The van der Waals surface area contributed by atoms with Crippen molar-refractivity contribution in [2.45, 2.75) is 18.9 Å². The van der Waals surface area contributed by atoms with Gasteiger partial charge in [0.2, 0.25) is 0 Å². The molecule has 0 aliphatic carbocycles. The smallest absolute Gasteiger partial charge is 0.0480 e. The molecule has 3 fully saturated rings. The van der Waals surface area contributed by atoms with Crippen LogP contribution < -0.4 is 5.32 Å². The topological polar surface area (TPSA) is 24.5 Å². The molecule has 1 N–H and O–H groups in total. The fourth-order valence-corrected chi connectivity index (χ4v) is 2.83. The van der Waals surface area contributed by atoms with Crippen LogP contribution in [0.3, 0.4) is 0 Å². The van der Waals surface area contributed by atoms with Crippen LogP contribution in [0.15, 0.2) is 0 Å². The van der Waals surface area contributed by atoms with Gasteiger partial charge in [-0.25, -0.2) is 0 Å². The predicted molar refractivity (Wildman–Crippen MR) is 65.2 cm³/mol. The minimum Gasteiger partial charge on any atom is -0.381 e. The van der Waals surface area contributed by atoms with E-state index in [1.165, 1.54) is 39.0 Å². The van der Waals surface area contributed by atoms with E-state index in [-0.39, 0.29) is 24.8 Å². The van der Waals surface area contributed by atoms with Crippen LogP contribution in [0.5, 0.6) is 0 Å². The molecule has 0 saturated carbocycles. The molecule has 15 heavy (non-hydrogen) atoms. The number of ether oxygens (including phenoxy) is 1. The van der Waals surface area contributed by atoms with Crippen molar-refractivity contribution in [1.82, 2.24) is 10.2 Å². The SMILES string of the molecule is C1CC(N2CC3(CNC3)C2)CCO1.Cl.Cl. The number of hydrogen-bond donors (Lipinski definition) is 1. The van der Waals surface area contributed by atoms with Gasteiger partial charge in [-0.15, -0.1) is 24.8 Å². The Balaban J connectivity index is 0.000000562. The summed E-state index contributed by atoms with van der Waals surface area (Å²) < 4.78 is 5.37. The van der Waals surface area contributed by atoms with Crippen molar-refractivity contribution in [3.05, 3.63) is 0 Å². The van der Waals surface area contributed by atoms with E-state index in [1.807, 2.05) is 0 Å². The van der Waals surface area contributed by atoms with Crippen LogP contribution in [0.1, 0.15) is 12.8 Å². The third kappa shape index (κ3) is 2.42. The van der Waals surface area contributed by atoms with Gasteiger partial charge in [0.1, 0.15) is 0 Å². The summed E-state index contributed by atoms with van der Waals surface area (Å²) in [6.45, 7) is 7.15. The average molecular weight is 255 g/mol. The van der Waals surface area contributed by atoms with Gasteiger partial charge in [0.05, 0.1) is 0 Å². The van der Waals surface area contributed by atoms with Gasteiger partial charge in [0.25, 0.3) is 0 Å². The number of rotatable bonds is 1. The molecular formula is C10H20Cl2N2O. The van der Waals surface area contributed by atoms with Gasteiger partial charge in [0, 0.05) is 50.8 Å². The maximum atomic E-state index is 5.37. The normalized spacial score (nSPS) is 29.6. The van der Waals surface area contributed by atoms with Gasteiger partial charge in [-0.3, -0.25) is 4.90 Å². The van der Waals surface area contributed by atoms with Crippen molar-refractivity contribution in [2.75, 3.05) is 39.4 Å². The van der Waals surface area contributed by atoms with Crippen LogP contribution in [0.4, 0.5) is 0 Å². The minimum absolute atomic E-state index is 0. The van der Waals surface area contributed by atoms with Crippen molar-refractivity contribution in [2.24, 2.45) is 5.41 Å². The number of halogens is 2. The highest BCUT2D eigenvalue weighted by molar-refractivity contribution is 5.85. The van der Waals surface area contributed by atoms with E-state index < -0.39 is 0 Å². The zero-order chi connectivity index (χ0) is 8.73. The second-order valence-electron chi connectivity index (χ2n) is 4.85. The number of hydrogen-bond acceptors (Lipinski definition) is 3. The molecule has 3 heterocycles. The lowest BCUT2D eigenvalue weighted by Crippen LogP contribution is -2.72. The van der Waals surface area contributed by atoms with Crippen molar-refractivity contribution in [1.29, 1.82) is 0 Å². The highest BCUT2D eigenvalue weighted by atomic mass is 35.5. The van der Waals surface area contributed by atoms with Crippen molar-refractivity contribution >= 4 is 24.8 Å². The largest absolute Gasteiger partial charge is 0.381 e. The van der Waals surface area contributed by atoms with Crippen LogP contribution in [0, 0.1) is 5.41 Å². The highest BCUT2D eigenvalue weighted by Crippen LogP contribution is 2.36. The summed E-state index contributed by atoms with van der Waals surface area (Å²) in [6, 6.07) is 0.833. The van der Waals surface area contributed by atoms with Crippen LogP contribution in [0.25, 0.3) is 0 Å². The Hall–Kier alpha value is 0.460. The van der Waals surface area contributed by atoms with Crippen molar-refractivity contribution < 1.29 is 4.74 Å². The van der Waals surface area contributed by atoms with E-state index in [4.69, 9.17) is 4.74 Å². The molecule has 1 spiro atoms. The first-order valence-electron chi connectivity index (χ1n) is 5.41. The summed E-state index contributed by atoms with van der Waals surface area (Å²) in [5, 5.41) is 3.38. The molecule has 0 radical (unpaired) electrons. The zero-order valence-electron chi connectivity index (χ0n) is 8.91. The molecule has 5 heteroatoms. The average Bonchev–Trinajstić information content (AvgIpc) is 2.01. The first kappa shape index (κ1) is 13.5. The first-order valence-corrected chi connectivity index (χ1v) is 5.41. The van der Waals surface area contributed by atoms with Gasteiger partial charge in [-0.1, -0.05) is 0 Å². The quantitative estimate of drug-likeness (QED) is 0.754. The molecule has 90 valence electrons. The number of likely N-dealkylation sites (tertiary alicyclic amines) is 1. The van der Waals surface area contributed by atoms with E-state index >= 15 is 0 Å². The first-order chi connectivity index (χ1) is 6.38. The Morgan fingerprint density at radius 1 is 1.07 bits per heavy atom. The highest BCUT2D eigenvalue weighted by Gasteiger charge is 2.49. The molecule has 3 saturated heterocycles. The molecule has 0 aromatic carbocycles. The third-order valence-corrected chi connectivity index (χ3v) is 3.78. The molecule has 0 unspecified atom stereocenters. The van der Waals surface area contributed by atoms with Crippen LogP contribution >= 0.6 is 24.8 Å². The summed E-state index contributed by atoms with van der Waals surface area (Å²) in [5.41, 5.74) is 0.693.